The summed E-state index contributed by atoms with van der Waals surface area (Å²) in [5, 5.41) is 11.1. The van der Waals surface area contributed by atoms with Gasteiger partial charge in [-0.1, -0.05) is 6.07 Å². The summed E-state index contributed by atoms with van der Waals surface area (Å²) in [6.07, 6.45) is 1.58. The Morgan fingerprint density at radius 1 is 1.23 bits per heavy atom. The van der Waals surface area contributed by atoms with Crippen LogP contribution in [-0.2, 0) is 17.9 Å². The number of furan rings is 1. The number of nitrogens with one attached hydrogen (secondary N) is 3. The number of guanidine groups is 1. The van der Waals surface area contributed by atoms with Crippen LogP contribution in [0.3, 0.4) is 0 Å². The van der Waals surface area contributed by atoms with E-state index < -0.39 is 0 Å². The van der Waals surface area contributed by atoms with Gasteiger partial charge in [0, 0.05) is 11.4 Å². The lowest BCUT2D eigenvalue weighted by molar-refractivity contribution is -0.119. The Morgan fingerprint density at radius 2 is 2.14 bits per heavy atom. The Labute approximate surface area is 133 Å². The molecule has 2 aromatic rings. The van der Waals surface area contributed by atoms with E-state index in [-0.39, 0.29) is 12.5 Å². The second kappa shape index (κ2) is 8.89. The molecule has 0 aliphatic heterocycles. The lowest BCUT2D eigenvalue weighted by Gasteiger charge is -2.10. The number of amides is 1. The van der Waals surface area contributed by atoms with Gasteiger partial charge in [-0.2, -0.15) is 0 Å². The summed E-state index contributed by atoms with van der Waals surface area (Å²) in [4.78, 5) is 17.3. The summed E-state index contributed by atoms with van der Waals surface area (Å²) < 4.78 is 5.15. The summed E-state index contributed by atoms with van der Waals surface area (Å²) in [5.74, 6) is 1.20. The number of nitrogens with zero attached hydrogens (tertiary/aromatic N) is 1. The Morgan fingerprint density at radius 3 is 2.82 bits per heavy atom. The standard InChI is InChI=1S/C15H20N4O2S/c1-2-16-15(18-10-13-6-4-8-22-13)19-11-14(20)17-9-12-5-3-7-21-12/h3-8H,2,9-11H2,1H3,(H,17,20)(H2,16,18,19). The van der Waals surface area contributed by atoms with Crippen LogP contribution in [0.4, 0.5) is 0 Å². The molecule has 0 atom stereocenters. The lowest BCUT2D eigenvalue weighted by Crippen LogP contribution is -2.37. The van der Waals surface area contributed by atoms with Gasteiger partial charge in [0.25, 0.3) is 0 Å². The summed E-state index contributed by atoms with van der Waals surface area (Å²) in [5.41, 5.74) is 0. The van der Waals surface area contributed by atoms with Crippen molar-refractivity contribution in [3.63, 3.8) is 0 Å². The molecule has 2 aromatic heterocycles. The zero-order valence-electron chi connectivity index (χ0n) is 12.5. The molecular weight excluding hydrogens is 300 g/mol. The van der Waals surface area contributed by atoms with E-state index in [0.29, 0.717) is 19.0 Å². The van der Waals surface area contributed by atoms with Crippen LogP contribution in [0.1, 0.15) is 17.6 Å². The molecule has 6 nitrogen and oxygen atoms in total. The van der Waals surface area contributed by atoms with E-state index in [9.17, 15) is 4.79 Å². The van der Waals surface area contributed by atoms with Gasteiger partial charge in [0.05, 0.1) is 19.4 Å². The van der Waals surface area contributed by atoms with Crippen LogP contribution in [0.25, 0.3) is 0 Å². The Hall–Kier alpha value is -2.28. The first-order valence-corrected chi connectivity index (χ1v) is 7.99. The van der Waals surface area contributed by atoms with Crippen molar-refractivity contribution in [3.05, 3.63) is 46.5 Å². The molecule has 0 aromatic carbocycles. The van der Waals surface area contributed by atoms with Gasteiger partial charge in [0.1, 0.15) is 12.3 Å². The maximum absolute atomic E-state index is 11.8. The average molecular weight is 320 g/mol. The quantitative estimate of drug-likeness (QED) is 0.536. The number of hydrogen-bond acceptors (Lipinski definition) is 4. The number of thiophene rings is 1. The third-order valence-corrected chi connectivity index (χ3v) is 3.65. The van der Waals surface area contributed by atoms with Gasteiger partial charge >= 0.3 is 0 Å². The summed E-state index contributed by atoms with van der Waals surface area (Å²) in [7, 11) is 0. The molecule has 0 spiro atoms. The molecule has 7 heteroatoms. The molecule has 0 aliphatic carbocycles. The molecule has 1 amide bonds. The predicted octanol–water partition coefficient (Wildman–Crippen LogP) is 1.71. The van der Waals surface area contributed by atoms with Crippen molar-refractivity contribution >= 4 is 23.2 Å². The fraction of sp³-hybridized carbons (Fsp3) is 0.333. The Bertz CT molecular complexity index is 579. The average Bonchev–Trinajstić information content (AvgIpc) is 3.21. The van der Waals surface area contributed by atoms with Gasteiger partial charge in [-0.15, -0.1) is 11.3 Å². The number of aliphatic imine (C=N–C) groups is 1. The highest BCUT2D eigenvalue weighted by Crippen LogP contribution is 2.07. The van der Waals surface area contributed by atoms with E-state index >= 15 is 0 Å². The SMILES string of the molecule is CCNC(=NCC(=O)NCc1ccco1)NCc1cccs1. The second-order valence-electron chi connectivity index (χ2n) is 4.48. The molecule has 0 radical (unpaired) electrons. The smallest absolute Gasteiger partial charge is 0.242 e. The van der Waals surface area contributed by atoms with Crippen molar-refractivity contribution in [1.82, 2.24) is 16.0 Å². The van der Waals surface area contributed by atoms with Gasteiger partial charge in [-0.05, 0) is 30.5 Å². The van der Waals surface area contributed by atoms with Gasteiger partial charge in [-0.3, -0.25) is 4.79 Å². The van der Waals surface area contributed by atoms with Gasteiger partial charge in [0.2, 0.25) is 5.91 Å². The molecule has 0 unspecified atom stereocenters. The highest BCUT2D eigenvalue weighted by molar-refractivity contribution is 7.09. The van der Waals surface area contributed by atoms with Gasteiger partial charge in [-0.25, -0.2) is 4.99 Å². The third-order valence-electron chi connectivity index (χ3n) is 2.78. The van der Waals surface area contributed by atoms with Gasteiger partial charge < -0.3 is 20.4 Å². The van der Waals surface area contributed by atoms with E-state index in [1.807, 2.05) is 24.4 Å². The zero-order valence-corrected chi connectivity index (χ0v) is 13.3. The van der Waals surface area contributed by atoms with Crippen LogP contribution in [-0.4, -0.2) is 25.0 Å². The lowest BCUT2D eigenvalue weighted by atomic mass is 10.4. The van der Waals surface area contributed by atoms with Crippen LogP contribution in [0.15, 0.2) is 45.3 Å². The molecule has 2 rings (SSSR count). The van der Waals surface area contributed by atoms with Crippen LogP contribution in [0.5, 0.6) is 0 Å². The normalized spacial score (nSPS) is 11.2. The summed E-state index contributed by atoms with van der Waals surface area (Å²) >= 11 is 1.68. The summed E-state index contributed by atoms with van der Waals surface area (Å²) in [6, 6.07) is 7.67. The van der Waals surface area contributed by atoms with E-state index in [1.54, 1.807) is 23.7 Å². The molecule has 118 valence electrons. The molecule has 0 saturated carbocycles. The van der Waals surface area contributed by atoms with E-state index in [0.717, 1.165) is 12.3 Å². The minimum atomic E-state index is -0.148. The fourth-order valence-electron chi connectivity index (χ4n) is 1.73. The van der Waals surface area contributed by atoms with Crippen molar-refractivity contribution in [3.8, 4) is 0 Å². The van der Waals surface area contributed by atoms with Crippen LogP contribution < -0.4 is 16.0 Å². The fourth-order valence-corrected chi connectivity index (χ4v) is 2.38. The molecule has 0 saturated heterocycles. The predicted molar refractivity (Wildman–Crippen MR) is 87.7 cm³/mol. The van der Waals surface area contributed by atoms with E-state index in [1.165, 1.54) is 4.88 Å². The minimum absolute atomic E-state index is 0.0699. The largest absolute Gasteiger partial charge is 0.467 e. The minimum Gasteiger partial charge on any atom is -0.467 e. The van der Waals surface area contributed by atoms with Crippen molar-refractivity contribution in [2.24, 2.45) is 4.99 Å². The molecule has 0 fully saturated rings. The van der Waals surface area contributed by atoms with Gasteiger partial charge in [0.15, 0.2) is 5.96 Å². The molecule has 2 heterocycles. The van der Waals surface area contributed by atoms with Crippen molar-refractivity contribution in [2.75, 3.05) is 13.1 Å². The van der Waals surface area contributed by atoms with E-state index in [2.05, 4.69) is 27.0 Å². The van der Waals surface area contributed by atoms with E-state index in [4.69, 9.17) is 4.42 Å². The van der Waals surface area contributed by atoms with Crippen molar-refractivity contribution < 1.29 is 9.21 Å². The van der Waals surface area contributed by atoms with Crippen LogP contribution in [0, 0.1) is 0 Å². The molecule has 0 aliphatic rings. The molecule has 22 heavy (non-hydrogen) atoms. The number of hydrogen-bond donors (Lipinski definition) is 3. The zero-order chi connectivity index (χ0) is 15.6. The topological polar surface area (TPSA) is 78.7 Å². The van der Waals surface area contributed by atoms with Crippen LogP contribution >= 0.6 is 11.3 Å². The molecular formula is C15H20N4O2S. The second-order valence-corrected chi connectivity index (χ2v) is 5.52. The number of rotatable bonds is 7. The number of carbonyl (C=O) groups excluding carboxylic acids is 1. The van der Waals surface area contributed by atoms with Crippen molar-refractivity contribution in [1.29, 1.82) is 0 Å². The van der Waals surface area contributed by atoms with Crippen molar-refractivity contribution in [2.45, 2.75) is 20.0 Å². The Balaban J connectivity index is 1.76. The highest BCUT2D eigenvalue weighted by atomic mass is 32.1. The number of carbonyl (C=O) groups is 1. The maximum atomic E-state index is 11.8. The Kier molecular flexibility index (Phi) is 6.50. The highest BCUT2D eigenvalue weighted by Gasteiger charge is 2.04. The first kappa shape index (κ1) is 16.1. The molecule has 0 bridgehead atoms. The maximum Gasteiger partial charge on any atom is 0.242 e. The summed E-state index contributed by atoms with van der Waals surface area (Å²) in [6.45, 7) is 3.86. The first-order valence-electron chi connectivity index (χ1n) is 7.11. The first-order chi connectivity index (χ1) is 10.8. The monoisotopic (exact) mass is 320 g/mol. The van der Waals surface area contributed by atoms with Crippen LogP contribution in [0.2, 0.25) is 0 Å². The third kappa shape index (κ3) is 5.61. The molecule has 3 N–H and O–H groups in total.